The third kappa shape index (κ3) is 4.89. The number of halogens is 3. The summed E-state index contributed by atoms with van der Waals surface area (Å²) in [6, 6.07) is 9.40. The van der Waals surface area contributed by atoms with Crippen molar-refractivity contribution in [2.24, 2.45) is 0 Å². The van der Waals surface area contributed by atoms with Crippen molar-refractivity contribution in [1.29, 1.82) is 0 Å². The molecule has 5 rings (SSSR count). The molecule has 1 aliphatic rings. The summed E-state index contributed by atoms with van der Waals surface area (Å²) < 4.78 is 40.5. The Balaban J connectivity index is 1.47. The Hall–Kier alpha value is -4.28. The van der Waals surface area contributed by atoms with E-state index >= 15 is 0 Å². The molecular weight excluding hydrogens is 485 g/mol. The van der Waals surface area contributed by atoms with Crippen LogP contribution in [-0.2, 0) is 6.18 Å². The van der Waals surface area contributed by atoms with Gasteiger partial charge in [0.2, 0.25) is 5.95 Å². The molecule has 2 aromatic carbocycles. The fourth-order valence-electron chi connectivity index (χ4n) is 4.17. The maximum atomic E-state index is 13.1. The standard InChI is InChI=1S/C26H23F3N6O2/c1-14-9-10-19(31-23(36)16-5-3-6-17(11-16)26(27,28)29)12-21(14)35-15(2)20-13-30-24(32-18-7-4-8-18)33-22(20)34-25(35)37/h3,5-6,9-13,18H,4,7-8H2,1-2H3,(H,31,36)(H,32,33,34,37). The Morgan fingerprint density at radius 3 is 2.57 bits per heavy atom. The predicted molar refractivity (Wildman–Crippen MR) is 133 cm³/mol. The summed E-state index contributed by atoms with van der Waals surface area (Å²) in [5, 5.41) is 6.45. The first-order valence-corrected chi connectivity index (χ1v) is 11.7. The van der Waals surface area contributed by atoms with Gasteiger partial charge in [0.05, 0.1) is 16.6 Å². The van der Waals surface area contributed by atoms with Crippen molar-refractivity contribution in [3.8, 4) is 5.69 Å². The van der Waals surface area contributed by atoms with Crippen molar-refractivity contribution in [1.82, 2.24) is 19.5 Å². The molecular formula is C26H23F3N6O2. The van der Waals surface area contributed by atoms with Crippen LogP contribution in [0.2, 0.25) is 0 Å². The zero-order valence-electron chi connectivity index (χ0n) is 20.1. The second-order valence-corrected chi connectivity index (χ2v) is 9.05. The van der Waals surface area contributed by atoms with E-state index < -0.39 is 23.3 Å². The van der Waals surface area contributed by atoms with Crippen LogP contribution in [0.1, 0.15) is 46.4 Å². The largest absolute Gasteiger partial charge is 0.416 e. The highest BCUT2D eigenvalue weighted by atomic mass is 19.4. The lowest BCUT2D eigenvalue weighted by Crippen LogP contribution is -2.28. The molecule has 11 heteroatoms. The molecule has 0 unspecified atom stereocenters. The highest BCUT2D eigenvalue weighted by Crippen LogP contribution is 2.30. The van der Waals surface area contributed by atoms with Crippen molar-refractivity contribution >= 4 is 28.6 Å². The first kappa shape index (κ1) is 24.4. The van der Waals surface area contributed by atoms with Gasteiger partial charge >= 0.3 is 11.9 Å². The smallest absolute Gasteiger partial charge is 0.351 e. The third-order valence-electron chi connectivity index (χ3n) is 6.49. The zero-order valence-corrected chi connectivity index (χ0v) is 20.1. The van der Waals surface area contributed by atoms with Crippen molar-refractivity contribution in [3.05, 3.63) is 81.5 Å². The molecule has 1 saturated carbocycles. The first-order valence-electron chi connectivity index (χ1n) is 11.7. The van der Waals surface area contributed by atoms with Crippen LogP contribution in [0, 0.1) is 13.8 Å². The quantitative estimate of drug-likeness (QED) is 0.392. The Labute approximate surface area is 209 Å². The average Bonchev–Trinajstić information content (AvgIpc) is 2.82. The van der Waals surface area contributed by atoms with Gasteiger partial charge in [0.15, 0.2) is 5.65 Å². The van der Waals surface area contributed by atoms with Crippen LogP contribution in [0.4, 0.5) is 24.8 Å². The minimum atomic E-state index is -4.56. The Morgan fingerprint density at radius 2 is 1.86 bits per heavy atom. The minimum Gasteiger partial charge on any atom is -0.351 e. The summed E-state index contributed by atoms with van der Waals surface area (Å²) in [5.74, 6) is -0.279. The fourth-order valence-corrected chi connectivity index (χ4v) is 4.17. The van der Waals surface area contributed by atoms with E-state index in [9.17, 15) is 22.8 Å². The van der Waals surface area contributed by atoms with Gasteiger partial charge in [-0.3, -0.25) is 9.36 Å². The number of hydrogen-bond donors (Lipinski definition) is 2. The van der Waals surface area contributed by atoms with E-state index in [1.165, 1.54) is 16.7 Å². The second-order valence-electron chi connectivity index (χ2n) is 9.05. The summed E-state index contributed by atoms with van der Waals surface area (Å²) in [4.78, 5) is 38.7. The van der Waals surface area contributed by atoms with Gasteiger partial charge in [-0.25, -0.2) is 9.78 Å². The van der Waals surface area contributed by atoms with Crippen LogP contribution < -0.4 is 16.3 Å². The number of nitrogens with one attached hydrogen (secondary N) is 2. The predicted octanol–water partition coefficient (Wildman–Crippen LogP) is 5.03. The van der Waals surface area contributed by atoms with Gasteiger partial charge in [-0.05, 0) is 69.0 Å². The number of nitrogens with zero attached hydrogens (tertiary/aromatic N) is 4. The van der Waals surface area contributed by atoms with Gasteiger partial charge in [-0.15, -0.1) is 0 Å². The van der Waals surface area contributed by atoms with Crippen molar-refractivity contribution in [3.63, 3.8) is 0 Å². The van der Waals surface area contributed by atoms with Gasteiger partial charge in [0.25, 0.3) is 5.91 Å². The topological polar surface area (TPSA) is 102 Å². The zero-order chi connectivity index (χ0) is 26.3. The number of anilines is 2. The van der Waals surface area contributed by atoms with Gasteiger partial charge in [-0.2, -0.15) is 23.1 Å². The number of rotatable bonds is 5. The maximum absolute atomic E-state index is 13.1. The number of aryl methyl sites for hydroxylation is 2. The third-order valence-corrected chi connectivity index (χ3v) is 6.49. The number of benzene rings is 2. The number of alkyl halides is 3. The Bertz CT molecular complexity index is 1580. The van der Waals surface area contributed by atoms with E-state index in [-0.39, 0.29) is 11.2 Å². The van der Waals surface area contributed by atoms with E-state index in [2.05, 4.69) is 25.6 Å². The van der Waals surface area contributed by atoms with Crippen LogP contribution in [0.5, 0.6) is 0 Å². The maximum Gasteiger partial charge on any atom is 0.416 e. The number of aromatic nitrogens is 4. The van der Waals surface area contributed by atoms with E-state index in [1.807, 2.05) is 0 Å². The van der Waals surface area contributed by atoms with Gasteiger partial charge in [-0.1, -0.05) is 12.1 Å². The molecule has 0 aliphatic heterocycles. The molecule has 8 nitrogen and oxygen atoms in total. The molecule has 2 heterocycles. The van der Waals surface area contributed by atoms with Gasteiger partial charge in [0, 0.05) is 29.2 Å². The number of carbonyl (C=O) groups is 1. The molecule has 2 N–H and O–H groups in total. The average molecular weight is 509 g/mol. The van der Waals surface area contributed by atoms with E-state index in [1.54, 1.807) is 38.2 Å². The minimum absolute atomic E-state index is 0.138. The lowest BCUT2D eigenvalue weighted by molar-refractivity contribution is -0.137. The van der Waals surface area contributed by atoms with E-state index in [0.29, 0.717) is 34.4 Å². The molecule has 37 heavy (non-hydrogen) atoms. The summed E-state index contributed by atoms with van der Waals surface area (Å²) in [5.41, 5.74) is 0.747. The number of carbonyl (C=O) groups excluding carboxylic acids is 1. The monoisotopic (exact) mass is 508 g/mol. The molecule has 0 saturated heterocycles. The normalized spacial score (nSPS) is 13.9. The van der Waals surface area contributed by atoms with Crippen LogP contribution >= 0.6 is 0 Å². The van der Waals surface area contributed by atoms with Crippen molar-refractivity contribution < 1.29 is 18.0 Å². The molecule has 0 atom stereocenters. The van der Waals surface area contributed by atoms with Crippen LogP contribution in [0.15, 0.2) is 53.5 Å². The second kappa shape index (κ2) is 9.30. The molecule has 0 radical (unpaired) electrons. The number of hydrogen-bond acceptors (Lipinski definition) is 6. The highest BCUT2D eigenvalue weighted by molar-refractivity contribution is 6.04. The fraction of sp³-hybridized carbons (Fsp3) is 0.269. The summed E-state index contributed by atoms with van der Waals surface area (Å²) in [6.45, 7) is 3.55. The van der Waals surface area contributed by atoms with Crippen LogP contribution in [-0.4, -0.2) is 31.5 Å². The number of amides is 1. The SMILES string of the molecule is Cc1ccc(NC(=O)c2cccc(C(F)(F)F)c2)cc1-n1c(C)c2cnc(NC3CCC3)nc2nc1=O. The van der Waals surface area contributed by atoms with Crippen LogP contribution in [0.3, 0.4) is 0 Å². The molecule has 0 bridgehead atoms. The lowest BCUT2D eigenvalue weighted by atomic mass is 9.93. The van der Waals surface area contributed by atoms with Gasteiger partial charge in [0.1, 0.15) is 0 Å². The van der Waals surface area contributed by atoms with E-state index in [0.717, 1.165) is 37.0 Å². The van der Waals surface area contributed by atoms with E-state index in [4.69, 9.17) is 0 Å². The molecule has 1 fully saturated rings. The summed E-state index contributed by atoms with van der Waals surface area (Å²) in [7, 11) is 0. The summed E-state index contributed by atoms with van der Waals surface area (Å²) in [6.07, 6.45) is 0.319. The molecule has 4 aromatic rings. The lowest BCUT2D eigenvalue weighted by Gasteiger charge is -2.26. The molecule has 190 valence electrons. The molecule has 1 amide bonds. The first-order chi connectivity index (χ1) is 17.6. The molecule has 1 aliphatic carbocycles. The van der Waals surface area contributed by atoms with Crippen molar-refractivity contribution in [2.45, 2.75) is 45.3 Å². The van der Waals surface area contributed by atoms with Crippen LogP contribution in [0.25, 0.3) is 16.7 Å². The Morgan fingerprint density at radius 1 is 1.08 bits per heavy atom. The van der Waals surface area contributed by atoms with Crippen molar-refractivity contribution in [2.75, 3.05) is 10.6 Å². The number of fused-ring (bicyclic) bond motifs is 1. The van der Waals surface area contributed by atoms with Gasteiger partial charge < -0.3 is 10.6 Å². The molecule has 2 aromatic heterocycles. The molecule has 0 spiro atoms. The Kier molecular flexibility index (Phi) is 6.14. The summed E-state index contributed by atoms with van der Waals surface area (Å²) >= 11 is 0. The highest BCUT2D eigenvalue weighted by Gasteiger charge is 2.31.